The van der Waals surface area contributed by atoms with Gasteiger partial charge in [-0.3, -0.25) is 0 Å². The molecule has 0 spiro atoms. The van der Waals surface area contributed by atoms with Crippen LogP contribution in [0.1, 0.15) is 0 Å². The molecule has 0 saturated heterocycles. The molecule has 0 saturated carbocycles. The first-order valence-corrected chi connectivity index (χ1v) is 0. The van der Waals surface area contributed by atoms with Crippen molar-refractivity contribution >= 4 is 0 Å². The van der Waals surface area contributed by atoms with Crippen molar-refractivity contribution in [2.45, 2.75) is 0 Å². The van der Waals surface area contributed by atoms with E-state index in [1.54, 1.807) is 0 Å². The van der Waals surface area contributed by atoms with E-state index >= 15 is 0 Å². The Labute approximate surface area is 79.3 Å². The molecule has 0 unspecified atom stereocenters. The summed E-state index contributed by atoms with van der Waals surface area (Å²) >= 11 is 0. The van der Waals surface area contributed by atoms with E-state index in [1.165, 1.54) is 0 Å². The SMILES string of the molecule is O.O.O.O.O.O.O.O.[La]. The Balaban J connectivity index is 0. The zero-order chi connectivity index (χ0) is 0. The molecule has 9 heteroatoms. The average molecular weight is 283 g/mol. The summed E-state index contributed by atoms with van der Waals surface area (Å²) in [5, 5.41) is 0. The summed E-state index contributed by atoms with van der Waals surface area (Å²) in [7, 11) is 0. The van der Waals surface area contributed by atoms with Crippen molar-refractivity contribution in [3.05, 3.63) is 0 Å². The van der Waals surface area contributed by atoms with Crippen molar-refractivity contribution < 1.29 is 79.4 Å². The van der Waals surface area contributed by atoms with E-state index in [0.29, 0.717) is 0 Å². The Morgan fingerprint density at radius 1 is 0.222 bits per heavy atom. The van der Waals surface area contributed by atoms with Crippen molar-refractivity contribution in [2.24, 2.45) is 0 Å². The topological polar surface area (TPSA) is 252 Å². The molecule has 0 aromatic rings. The van der Waals surface area contributed by atoms with Crippen molar-refractivity contribution in [1.29, 1.82) is 0 Å². The van der Waals surface area contributed by atoms with Crippen molar-refractivity contribution in [3.8, 4) is 0 Å². The molecule has 9 heavy (non-hydrogen) atoms. The van der Waals surface area contributed by atoms with Crippen LogP contribution in [0, 0.1) is 35.6 Å². The summed E-state index contributed by atoms with van der Waals surface area (Å²) in [6.45, 7) is 0. The average Bonchev–Trinajstić information content (AvgIpc) is 0. The van der Waals surface area contributed by atoms with Crippen LogP contribution in [0.4, 0.5) is 0 Å². The van der Waals surface area contributed by atoms with E-state index in [2.05, 4.69) is 0 Å². The third kappa shape index (κ3) is 548. The molecule has 0 aromatic heterocycles. The van der Waals surface area contributed by atoms with Crippen LogP contribution in [0.15, 0.2) is 0 Å². The molecule has 0 atom stereocenters. The van der Waals surface area contributed by atoms with Gasteiger partial charge in [-0.05, 0) is 0 Å². The summed E-state index contributed by atoms with van der Waals surface area (Å²) in [4.78, 5) is 0. The van der Waals surface area contributed by atoms with Crippen LogP contribution in [0.2, 0.25) is 0 Å². The van der Waals surface area contributed by atoms with E-state index in [-0.39, 0.29) is 79.4 Å². The van der Waals surface area contributed by atoms with Crippen molar-refractivity contribution in [3.63, 3.8) is 0 Å². The van der Waals surface area contributed by atoms with Gasteiger partial charge < -0.3 is 43.8 Å². The maximum absolute atomic E-state index is 0. The third-order valence-corrected chi connectivity index (χ3v) is 0. The second kappa shape index (κ2) is 719. The van der Waals surface area contributed by atoms with Crippen molar-refractivity contribution in [2.75, 3.05) is 0 Å². The van der Waals surface area contributed by atoms with Crippen LogP contribution in [-0.2, 0) is 0 Å². The van der Waals surface area contributed by atoms with Gasteiger partial charge in [0.25, 0.3) is 0 Å². The monoisotopic (exact) mass is 283 g/mol. The molecule has 0 fully saturated rings. The second-order valence-corrected chi connectivity index (χ2v) is 0. The summed E-state index contributed by atoms with van der Waals surface area (Å²) in [5.74, 6) is 0. The summed E-state index contributed by atoms with van der Waals surface area (Å²) in [6.07, 6.45) is 0. The Hall–Kier alpha value is 0.875. The fourth-order valence-corrected chi connectivity index (χ4v) is 0. The van der Waals surface area contributed by atoms with Gasteiger partial charge in [0.1, 0.15) is 0 Å². The Bertz CT molecular complexity index is 4.53. The first kappa shape index (κ1) is 1020. The van der Waals surface area contributed by atoms with E-state index in [1.807, 2.05) is 0 Å². The number of rotatable bonds is 0. The molecule has 8 nitrogen and oxygen atoms in total. The molecule has 0 bridgehead atoms. The van der Waals surface area contributed by atoms with Gasteiger partial charge in [0.15, 0.2) is 0 Å². The molecule has 0 aliphatic heterocycles. The zero-order valence-corrected chi connectivity index (χ0v) is 8.20. The van der Waals surface area contributed by atoms with E-state index in [0.717, 1.165) is 0 Å². The maximum atomic E-state index is 0. The molecule has 1 radical (unpaired) electrons. The molecule has 0 aromatic carbocycles. The van der Waals surface area contributed by atoms with E-state index in [9.17, 15) is 0 Å². The molecule has 0 heterocycles. The zero-order valence-electron chi connectivity index (χ0n) is 4.58. The number of hydrogen-bond donors (Lipinski definition) is 0. The summed E-state index contributed by atoms with van der Waals surface area (Å²) in [5.41, 5.74) is 0. The molecule has 0 aliphatic carbocycles. The van der Waals surface area contributed by atoms with E-state index < -0.39 is 0 Å². The van der Waals surface area contributed by atoms with Gasteiger partial charge in [-0.25, -0.2) is 0 Å². The van der Waals surface area contributed by atoms with Crippen LogP contribution < -0.4 is 0 Å². The molecule has 0 aliphatic rings. The minimum Gasteiger partial charge on any atom is -0.412 e. The first-order chi connectivity index (χ1) is 0. The van der Waals surface area contributed by atoms with Gasteiger partial charge in [0.05, 0.1) is 0 Å². The van der Waals surface area contributed by atoms with Gasteiger partial charge in [-0.2, -0.15) is 0 Å². The van der Waals surface area contributed by atoms with Crippen LogP contribution in [-0.4, -0.2) is 43.8 Å². The predicted molar refractivity (Wildman–Crippen MR) is 28.9 cm³/mol. The van der Waals surface area contributed by atoms with Crippen LogP contribution >= 0.6 is 0 Å². The van der Waals surface area contributed by atoms with Gasteiger partial charge in [-0.15, -0.1) is 0 Å². The van der Waals surface area contributed by atoms with E-state index in [4.69, 9.17) is 0 Å². The Kier molecular flexibility index (Phi) is 81200. The summed E-state index contributed by atoms with van der Waals surface area (Å²) in [6, 6.07) is 0. The standard InChI is InChI=1S/La.8H2O/h;8*1H2. The minimum absolute atomic E-state index is 0. The second-order valence-electron chi connectivity index (χ2n) is 0. The number of hydrogen-bond acceptors (Lipinski definition) is 0. The molecule has 67 valence electrons. The predicted octanol–water partition coefficient (Wildman–Crippen LogP) is -6.60. The fourth-order valence-electron chi connectivity index (χ4n) is 0. The first-order valence-electron chi connectivity index (χ1n) is 0. The summed E-state index contributed by atoms with van der Waals surface area (Å²) < 4.78 is 0. The third-order valence-electron chi connectivity index (χ3n) is 0. The smallest absolute Gasteiger partial charge is 0 e. The van der Waals surface area contributed by atoms with Gasteiger partial charge in [0, 0.05) is 35.6 Å². The van der Waals surface area contributed by atoms with Gasteiger partial charge in [0.2, 0.25) is 0 Å². The quantitative estimate of drug-likeness (QED) is 0.401. The van der Waals surface area contributed by atoms with Gasteiger partial charge >= 0.3 is 0 Å². The Morgan fingerprint density at radius 3 is 0.222 bits per heavy atom. The largest absolute Gasteiger partial charge is 0.412 e. The van der Waals surface area contributed by atoms with Crippen molar-refractivity contribution in [1.82, 2.24) is 0 Å². The van der Waals surface area contributed by atoms with Crippen LogP contribution in [0.3, 0.4) is 0 Å². The maximum Gasteiger partial charge on any atom is 0 e. The fraction of sp³-hybridized carbons (Fsp3) is 0. The molecule has 0 amide bonds. The normalized spacial score (nSPS) is 0. The van der Waals surface area contributed by atoms with Crippen LogP contribution in [0.25, 0.3) is 0 Å². The molecule has 16 N–H and O–H groups in total. The molecular formula is H16LaO8. The minimum atomic E-state index is 0. The molecule has 0 rings (SSSR count). The molecular weight excluding hydrogens is 267 g/mol. The van der Waals surface area contributed by atoms with Gasteiger partial charge in [-0.1, -0.05) is 0 Å². The van der Waals surface area contributed by atoms with Crippen LogP contribution in [0.5, 0.6) is 0 Å². The Morgan fingerprint density at radius 2 is 0.222 bits per heavy atom.